The maximum Gasteiger partial charge on any atom is 0.274 e. The Morgan fingerprint density at radius 1 is 1.40 bits per heavy atom. The highest BCUT2D eigenvalue weighted by molar-refractivity contribution is 8.01. The van der Waals surface area contributed by atoms with Gasteiger partial charge in [0.15, 0.2) is 0 Å². The van der Waals surface area contributed by atoms with Crippen LogP contribution in [0.5, 0.6) is 0 Å². The Bertz CT molecular complexity index is 785. The van der Waals surface area contributed by atoms with Crippen LogP contribution in [0.1, 0.15) is 28.3 Å². The fourth-order valence-corrected chi connectivity index (χ4v) is 5.05. The summed E-state index contributed by atoms with van der Waals surface area (Å²) in [6, 6.07) is 7.78. The summed E-state index contributed by atoms with van der Waals surface area (Å²) in [7, 11) is 1.83. The van der Waals surface area contributed by atoms with Gasteiger partial charge in [-0.15, -0.1) is 11.8 Å². The molecule has 132 valence electrons. The molecule has 2 aliphatic rings. The Labute approximate surface area is 151 Å². The van der Waals surface area contributed by atoms with E-state index in [1.165, 1.54) is 0 Å². The first kappa shape index (κ1) is 16.6. The number of amides is 1. The molecule has 1 amide bonds. The monoisotopic (exact) mass is 358 g/mol. The van der Waals surface area contributed by atoms with Crippen LogP contribution in [0.25, 0.3) is 0 Å². The minimum Gasteiger partial charge on any atom is -0.371 e. The second-order valence-electron chi connectivity index (χ2n) is 6.94. The van der Waals surface area contributed by atoms with Gasteiger partial charge in [-0.3, -0.25) is 14.5 Å². The molecule has 0 aliphatic carbocycles. The van der Waals surface area contributed by atoms with Gasteiger partial charge in [0.1, 0.15) is 5.69 Å². The van der Waals surface area contributed by atoms with Gasteiger partial charge in [-0.05, 0) is 31.5 Å². The highest BCUT2D eigenvalue weighted by Gasteiger charge is 2.51. The molecule has 25 heavy (non-hydrogen) atoms. The van der Waals surface area contributed by atoms with Gasteiger partial charge < -0.3 is 9.64 Å². The molecule has 4 heterocycles. The molecule has 7 heteroatoms. The van der Waals surface area contributed by atoms with Gasteiger partial charge in [-0.25, -0.2) is 0 Å². The molecule has 0 unspecified atom stereocenters. The predicted molar refractivity (Wildman–Crippen MR) is 96.5 cm³/mol. The number of nitrogens with zero attached hydrogens (tertiary/aromatic N) is 4. The van der Waals surface area contributed by atoms with Crippen molar-refractivity contribution < 1.29 is 9.53 Å². The van der Waals surface area contributed by atoms with Crippen LogP contribution in [0.4, 0.5) is 0 Å². The average Bonchev–Trinajstić information content (AvgIpc) is 3.18. The van der Waals surface area contributed by atoms with Gasteiger partial charge in [0.05, 0.1) is 23.2 Å². The zero-order valence-electron chi connectivity index (χ0n) is 14.5. The summed E-state index contributed by atoms with van der Waals surface area (Å²) in [6.07, 6.45) is 3.03. The number of aryl methyl sites for hydroxylation is 2. The standard InChI is InChI=1S/C18H22N4O2S/c1-13-4-3-5-14(19-13)9-24-15-8-18(25-10-15)11-22(12-18)17(23)16-6-7-21(2)20-16/h3-7,15H,8-12H2,1-2H3/t15-/m0/s1. The van der Waals surface area contributed by atoms with Crippen LogP contribution >= 0.6 is 11.8 Å². The molecule has 0 aromatic carbocycles. The van der Waals surface area contributed by atoms with E-state index in [0.717, 1.165) is 36.7 Å². The Hall–Kier alpha value is -1.86. The van der Waals surface area contributed by atoms with E-state index in [0.29, 0.717) is 12.3 Å². The summed E-state index contributed by atoms with van der Waals surface area (Å²) in [5.41, 5.74) is 2.52. The fourth-order valence-electron chi connectivity index (χ4n) is 3.50. The third-order valence-corrected chi connectivity index (χ3v) is 6.34. The van der Waals surface area contributed by atoms with Crippen LogP contribution in [0, 0.1) is 6.92 Å². The predicted octanol–water partition coefficient (Wildman–Crippen LogP) is 2.04. The van der Waals surface area contributed by atoms with Crippen molar-refractivity contribution in [2.24, 2.45) is 7.05 Å². The first-order valence-electron chi connectivity index (χ1n) is 8.50. The van der Waals surface area contributed by atoms with E-state index >= 15 is 0 Å². The van der Waals surface area contributed by atoms with Gasteiger partial charge in [0.25, 0.3) is 5.91 Å². The largest absolute Gasteiger partial charge is 0.371 e. The lowest BCUT2D eigenvalue weighted by atomic mass is 9.92. The van der Waals surface area contributed by atoms with Crippen molar-refractivity contribution in [1.29, 1.82) is 0 Å². The highest BCUT2D eigenvalue weighted by Crippen LogP contribution is 2.46. The van der Waals surface area contributed by atoms with E-state index in [9.17, 15) is 4.79 Å². The van der Waals surface area contributed by atoms with Crippen LogP contribution < -0.4 is 0 Å². The maximum absolute atomic E-state index is 12.4. The summed E-state index contributed by atoms with van der Waals surface area (Å²) in [4.78, 5) is 18.8. The van der Waals surface area contributed by atoms with Crippen LogP contribution in [-0.2, 0) is 18.4 Å². The summed E-state index contributed by atoms with van der Waals surface area (Å²) in [5.74, 6) is 1.01. The number of ether oxygens (including phenoxy) is 1. The molecule has 0 radical (unpaired) electrons. The van der Waals surface area contributed by atoms with Crippen LogP contribution in [0.2, 0.25) is 0 Å². The highest BCUT2D eigenvalue weighted by atomic mass is 32.2. The summed E-state index contributed by atoms with van der Waals surface area (Å²) >= 11 is 1.93. The van der Waals surface area contributed by atoms with Crippen molar-refractivity contribution in [2.75, 3.05) is 18.8 Å². The molecule has 2 aromatic rings. The lowest BCUT2D eigenvalue weighted by Crippen LogP contribution is -2.60. The van der Waals surface area contributed by atoms with E-state index in [1.807, 2.05) is 48.8 Å². The zero-order valence-corrected chi connectivity index (χ0v) is 15.3. The van der Waals surface area contributed by atoms with Crippen molar-refractivity contribution in [3.8, 4) is 0 Å². The smallest absolute Gasteiger partial charge is 0.274 e. The third kappa shape index (κ3) is 3.43. The first-order chi connectivity index (χ1) is 12.0. The second-order valence-corrected chi connectivity index (χ2v) is 8.43. The Balaban J connectivity index is 1.28. The molecular formula is C18H22N4O2S. The van der Waals surface area contributed by atoms with Crippen molar-refractivity contribution in [3.63, 3.8) is 0 Å². The molecule has 2 aromatic heterocycles. The molecule has 2 saturated heterocycles. The minimum absolute atomic E-state index is 0.0279. The van der Waals surface area contributed by atoms with Crippen molar-refractivity contribution in [3.05, 3.63) is 47.5 Å². The van der Waals surface area contributed by atoms with Crippen LogP contribution in [-0.4, -0.2) is 55.3 Å². The number of carbonyl (C=O) groups excluding carboxylic acids is 1. The van der Waals surface area contributed by atoms with Crippen LogP contribution in [0.3, 0.4) is 0 Å². The molecule has 0 N–H and O–H groups in total. The van der Waals surface area contributed by atoms with Crippen molar-refractivity contribution in [1.82, 2.24) is 19.7 Å². The third-order valence-electron chi connectivity index (χ3n) is 4.77. The lowest BCUT2D eigenvalue weighted by Gasteiger charge is -2.47. The van der Waals surface area contributed by atoms with E-state index in [1.54, 1.807) is 16.9 Å². The normalized spacial score (nSPS) is 21.5. The molecule has 2 fully saturated rings. The molecule has 4 rings (SSSR count). The number of thioether (sulfide) groups is 1. The number of likely N-dealkylation sites (tertiary alicyclic amines) is 1. The zero-order chi connectivity index (χ0) is 17.4. The summed E-state index contributed by atoms with van der Waals surface area (Å²) in [5, 5.41) is 4.20. The van der Waals surface area contributed by atoms with Gasteiger partial charge in [-0.2, -0.15) is 5.10 Å². The molecule has 0 saturated carbocycles. The Kier molecular flexibility index (Phi) is 4.29. The quantitative estimate of drug-likeness (QED) is 0.837. The number of aromatic nitrogens is 3. The maximum atomic E-state index is 12.4. The topological polar surface area (TPSA) is 60.2 Å². The van der Waals surface area contributed by atoms with Gasteiger partial charge in [0.2, 0.25) is 0 Å². The van der Waals surface area contributed by atoms with Gasteiger partial charge >= 0.3 is 0 Å². The molecule has 0 bridgehead atoms. The van der Waals surface area contributed by atoms with E-state index in [-0.39, 0.29) is 16.8 Å². The summed E-state index contributed by atoms with van der Waals surface area (Å²) in [6.45, 7) is 4.12. The number of hydrogen-bond acceptors (Lipinski definition) is 5. The van der Waals surface area contributed by atoms with Crippen molar-refractivity contribution in [2.45, 2.75) is 30.8 Å². The number of carbonyl (C=O) groups is 1. The first-order valence-corrected chi connectivity index (χ1v) is 9.49. The van der Waals surface area contributed by atoms with Crippen molar-refractivity contribution >= 4 is 17.7 Å². The molecular weight excluding hydrogens is 336 g/mol. The van der Waals surface area contributed by atoms with E-state index in [4.69, 9.17) is 4.74 Å². The second kappa shape index (κ2) is 6.46. The average molecular weight is 358 g/mol. The van der Waals surface area contributed by atoms with Gasteiger partial charge in [0, 0.05) is 37.8 Å². The Morgan fingerprint density at radius 3 is 2.96 bits per heavy atom. The molecule has 1 spiro atoms. The number of rotatable bonds is 4. The van der Waals surface area contributed by atoms with Crippen LogP contribution in [0.15, 0.2) is 30.5 Å². The molecule has 6 nitrogen and oxygen atoms in total. The molecule has 2 aliphatic heterocycles. The van der Waals surface area contributed by atoms with Gasteiger partial charge in [-0.1, -0.05) is 6.07 Å². The number of hydrogen-bond donors (Lipinski definition) is 0. The minimum atomic E-state index is 0.0279. The van der Waals surface area contributed by atoms with E-state index < -0.39 is 0 Å². The lowest BCUT2D eigenvalue weighted by molar-refractivity contribution is 0.0242. The summed E-state index contributed by atoms with van der Waals surface area (Å²) < 4.78 is 7.88. The van der Waals surface area contributed by atoms with E-state index in [2.05, 4.69) is 10.1 Å². The SMILES string of the molecule is Cc1cccc(CO[C@@H]2CSC3(C2)CN(C(=O)c2ccn(C)n2)C3)n1. The number of pyridine rings is 1. The Morgan fingerprint density at radius 2 is 2.24 bits per heavy atom. The molecule has 1 atom stereocenters. The fraction of sp³-hybridized carbons (Fsp3) is 0.500.